The van der Waals surface area contributed by atoms with E-state index in [4.69, 9.17) is 5.73 Å². The zero-order valence-corrected chi connectivity index (χ0v) is 16.7. The number of hydrogen-bond acceptors (Lipinski definition) is 5. The molecule has 152 valence electrons. The molecule has 1 aromatic heterocycles. The molecule has 1 saturated heterocycles. The molecule has 0 bridgehead atoms. The van der Waals surface area contributed by atoms with Gasteiger partial charge in [-0.05, 0) is 31.3 Å². The van der Waals surface area contributed by atoms with Crippen LogP contribution in [0.25, 0.3) is 22.0 Å². The molecule has 0 spiro atoms. The summed E-state index contributed by atoms with van der Waals surface area (Å²) < 4.78 is 0. The van der Waals surface area contributed by atoms with E-state index in [0.29, 0.717) is 28.0 Å². The van der Waals surface area contributed by atoms with E-state index in [2.05, 4.69) is 27.1 Å². The second kappa shape index (κ2) is 7.03. The van der Waals surface area contributed by atoms with Gasteiger partial charge in [-0.3, -0.25) is 14.9 Å². The Kier molecular flexibility index (Phi) is 4.33. The summed E-state index contributed by atoms with van der Waals surface area (Å²) in [6.45, 7) is 3.75. The first-order chi connectivity index (χ1) is 14.5. The molecule has 0 unspecified atom stereocenters. The quantitative estimate of drug-likeness (QED) is 0.461. The smallest absolute Gasteiger partial charge is 0.259 e. The van der Waals surface area contributed by atoms with Gasteiger partial charge in [0.2, 0.25) is 0 Å². The van der Waals surface area contributed by atoms with Gasteiger partial charge in [-0.2, -0.15) is 0 Å². The maximum Gasteiger partial charge on any atom is 0.259 e. The summed E-state index contributed by atoms with van der Waals surface area (Å²) >= 11 is 0. The summed E-state index contributed by atoms with van der Waals surface area (Å²) in [6.07, 6.45) is 1.78. The molecular formula is C23H23N5O2. The van der Waals surface area contributed by atoms with Gasteiger partial charge in [0.15, 0.2) is 0 Å². The van der Waals surface area contributed by atoms with Gasteiger partial charge in [0.05, 0.1) is 11.1 Å². The molecule has 0 radical (unpaired) electrons. The Morgan fingerprint density at radius 1 is 0.900 bits per heavy atom. The van der Waals surface area contributed by atoms with Crippen molar-refractivity contribution in [3.05, 3.63) is 59.8 Å². The first-order valence-electron chi connectivity index (χ1n) is 10.0. The number of aromatic nitrogens is 1. The number of nitrogens with zero attached hydrogens (tertiary/aromatic N) is 2. The lowest BCUT2D eigenvalue weighted by molar-refractivity contribution is -0.122. The third kappa shape index (κ3) is 2.95. The molecule has 1 fully saturated rings. The van der Waals surface area contributed by atoms with Crippen molar-refractivity contribution in [2.24, 2.45) is 0 Å². The van der Waals surface area contributed by atoms with Gasteiger partial charge in [0.1, 0.15) is 0 Å². The molecule has 7 nitrogen and oxygen atoms in total. The van der Waals surface area contributed by atoms with Crippen LogP contribution in [-0.2, 0) is 9.59 Å². The Bertz CT molecular complexity index is 1200. The highest BCUT2D eigenvalue weighted by Crippen LogP contribution is 2.38. The molecular weight excluding hydrogens is 378 g/mol. The summed E-state index contributed by atoms with van der Waals surface area (Å²) in [7, 11) is 2.11. The van der Waals surface area contributed by atoms with Gasteiger partial charge in [0, 0.05) is 65.8 Å². The van der Waals surface area contributed by atoms with Crippen LogP contribution in [0.4, 0.5) is 11.4 Å². The molecule has 2 aliphatic heterocycles. The van der Waals surface area contributed by atoms with Gasteiger partial charge >= 0.3 is 0 Å². The molecule has 0 atom stereocenters. The summed E-state index contributed by atoms with van der Waals surface area (Å²) in [4.78, 5) is 33.4. The Morgan fingerprint density at radius 2 is 1.60 bits per heavy atom. The number of nitrogens with one attached hydrogen (secondary N) is 2. The largest absolute Gasteiger partial charge is 0.398 e. The van der Waals surface area contributed by atoms with Crippen LogP contribution in [0.5, 0.6) is 0 Å². The minimum Gasteiger partial charge on any atom is -0.398 e. The molecule has 4 N–H and O–H groups in total. The van der Waals surface area contributed by atoms with Gasteiger partial charge in [0.25, 0.3) is 11.8 Å². The predicted octanol–water partition coefficient (Wildman–Crippen LogP) is 2.07. The van der Waals surface area contributed by atoms with Gasteiger partial charge in [-0.15, -0.1) is 0 Å². The Morgan fingerprint density at radius 3 is 2.37 bits per heavy atom. The zero-order valence-electron chi connectivity index (χ0n) is 16.7. The predicted molar refractivity (Wildman–Crippen MR) is 119 cm³/mol. The molecule has 3 aromatic rings. The monoisotopic (exact) mass is 401 g/mol. The second-order valence-corrected chi connectivity index (χ2v) is 7.84. The number of nitrogen functional groups attached to an aromatic ring is 1. The fourth-order valence-corrected chi connectivity index (χ4v) is 4.27. The molecule has 7 heteroatoms. The summed E-state index contributed by atoms with van der Waals surface area (Å²) in [6, 6.07) is 13.4. The number of imide groups is 1. The summed E-state index contributed by atoms with van der Waals surface area (Å²) in [5.74, 6) is -0.813. The first kappa shape index (κ1) is 18.4. The van der Waals surface area contributed by atoms with E-state index in [1.807, 2.05) is 42.5 Å². The third-order valence-electron chi connectivity index (χ3n) is 5.96. The number of aromatic amines is 1. The highest BCUT2D eigenvalue weighted by molar-refractivity contribution is 6.50. The van der Waals surface area contributed by atoms with Crippen LogP contribution in [0.1, 0.15) is 11.1 Å². The average molecular weight is 401 g/mol. The second-order valence-electron chi connectivity index (χ2n) is 7.84. The third-order valence-corrected chi connectivity index (χ3v) is 5.96. The van der Waals surface area contributed by atoms with E-state index >= 15 is 0 Å². The molecule has 5 rings (SSSR count). The number of piperazine rings is 1. The Labute approximate surface area is 174 Å². The lowest BCUT2D eigenvalue weighted by atomic mass is 9.94. The highest BCUT2D eigenvalue weighted by atomic mass is 16.2. The average Bonchev–Trinajstić information content (AvgIpc) is 3.29. The number of nitrogens with two attached hydrogens (primary N) is 1. The van der Waals surface area contributed by atoms with Crippen LogP contribution >= 0.6 is 0 Å². The number of anilines is 2. The zero-order chi connectivity index (χ0) is 20.8. The maximum absolute atomic E-state index is 12.8. The van der Waals surface area contributed by atoms with Crippen molar-refractivity contribution in [1.29, 1.82) is 0 Å². The minimum atomic E-state index is -0.414. The van der Waals surface area contributed by atoms with Crippen molar-refractivity contribution in [2.45, 2.75) is 0 Å². The maximum atomic E-state index is 12.8. The van der Waals surface area contributed by atoms with E-state index in [-0.39, 0.29) is 0 Å². The van der Waals surface area contributed by atoms with Crippen molar-refractivity contribution in [1.82, 2.24) is 15.2 Å². The Balaban J connectivity index is 1.66. The first-order valence-corrected chi connectivity index (χ1v) is 10.0. The topological polar surface area (TPSA) is 94.5 Å². The molecule has 30 heavy (non-hydrogen) atoms. The molecule has 2 aliphatic rings. The Hall–Kier alpha value is -3.58. The van der Waals surface area contributed by atoms with Crippen molar-refractivity contribution < 1.29 is 9.59 Å². The fraction of sp³-hybridized carbons (Fsp3) is 0.217. The number of benzene rings is 2. The number of hydrogen-bond donors (Lipinski definition) is 3. The number of amides is 2. The van der Waals surface area contributed by atoms with E-state index in [0.717, 1.165) is 42.8 Å². The van der Waals surface area contributed by atoms with Crippen molar-refractivity contribution in [3.63, 3.8) is 0 Å². The van der Waals surface area contributed by atoms with Crippen molar-refractivity contribution >= 4 is 45.2 Å². The molecule has 2 amide bonds. The highest BCUT2D eigenvalue weighted by Gasteiger charge is 2.34. The van der Waals surface area contributed by atoms with Gasteiger partial charge in [-0.25, -0.2) is 0 Å². The molecule has 0 saturated carbocycles. The van der Waals surface area contributed by atoms with Gasteiger partial charge < -0.3 is 20.5 Å². The lowest BCUT2D eigenvalue weighted by Crippen LogP contribution is -2.44. The fourth-order valence-electron chi connectivity index (χ4n) is 4.27. The normalized spacial score (nSPS) is 17.8. The van der Waals surface area contributed by atoms with Crippen LogP contribution < -0.4 is 16.0 Å². The van der Waals surface area contributed by atoms with Crippen LogP contribution in [0.3, 0.4) is 0 Å². The van der Waals surface area contributed by atoms with Gasteiger partial charge in [-0.1, -0.05) is 18.2 Å². The summed E-state index contributed by atoms with van der Waals surface area (Å²) in [5.41, 5.74) is 10.7. The number of carbonyl (C=O) groups excluding carboxylic acids is 2. The standard InChI is InChI=1S/C23H23N5O2/c1-27-8-10-28(11-9-27)14-6-7-18(24)16(12-14)20-21(23(30)26-22(20)29)17-13-25-19-5-3-2-4-15(17)19/h2-7,12-13,25H,8-11,24H2,1H3,(H,26,29,30). The SMILES string of the molecule is CN1CCN(c2ccc(N)c(C3=C(c4c[nH]c5ccccc45)C(=O)NC3=O)c2)CC1. The number of para-hydroxylation sites is 1. The lowest BCUT2D eigenvalue weighted by Gasteiger charge is -2.34. The van der Waals surface area contributed by atoms with Crippen LogP contribution in [0.15, 0.2) is 48.7 Å². The van der Waals surface area contributed by atoms with E-state index in [9.17, 15) is 9.59 Å². The number of carbonyl (C=O) groups is 2. The molecule has 2 aromatic carbocycles. The van der Waals surface area contributed by atoms with Crippen LogP contribution in [0.2, 0.25) is 0 Å². The number of H-pyrrole nitrogens is 1. The van der Waals surface area contributed by atoms with Crippen molar-refractivity contribution in [3.8, 4) is 0 Å². The number of likely N-dealkylation sites (N-methyl/N-ethyl adjacent to an activating group) is 1. The molecule has 0 aliphatic carbocycles. The van der Waals surface area contributed by atoms with E-state index in [1.165, 1.54) is 0 Å². The minimum absolute atomic E-state index is 0.332. The van der Waals surface area contributed by atoms with E-state index < -0.39 is 11.8 Å². The number of rotatable bonds is 3. The molecule has 3 heterocycles. The van der Waals surface area contributed by atoms with E-state index in [1.54, 1.807) is 6.20 Å². The number of fused-ring (bicyclic) bond motifs is 1. The van der Waals surface area contributed by atoms with Crippen molar-refractivity contribution in [2.75, 3.05) is 43.9 Å². The summed E-state index contributed by atoms with van der Waals surface area (Å²) in [5, 5.41) is 3.35. The van der Waals surface area contributed by atoms with Crippen LogP contribution in [0, 0.1) is 0 Å². The van der Waals surface area contributed by atoms with Crippen LogP contribution in [-0.4, -0.2) is 54.9 Å².